The summed E-state index contributed by atoms with van der Waals surface area (Å²) < 4.78 is 12.5. The summed E-state index contributed by atoms with van der Waals surface area (Å²) in [6.45, 7) is 4.71. The summed E-state index contributed by atoms with van der Waals surface area (Å²) in [7, 11) is 0. The normalized spacial score (nSPS) is 12.1. The number of benzene rings is 2. The van der Waals surface area contributed by atoms with E-state index in [0.717, 1.165) is 23.1 Å². The topological polar surface area (TPSA) is 18.5 Å². The highest BCUT2D eigenvalue weighted by molar-refractivity contribution is 9.10. The quantitative estimate of drug-likeness (QED) is 0.655. The van der Waals surface area contributed by atoms with Crippen molar-refractivity contribution in [2.45, 2.75) is 33.0 Å². The molecule has 21 heavy (non-hydrogen) atoms. The third kappa shape index (κ3) is 5.18. The zero-order valence-corrected chi connectivity index (χ0v) is 14.1. The lowest BCUT2D eigenvalue weighted by Crippen LogP contribution is -2.18. The van der Waals surface area contributed by atoms with Crippen molar-refractivity contribution in [3.63, 3.8) is 0 Å². The van der Waals surface area contributed by atoms with Gasteiger partial charge in [0, 0.05) is 0 Å². The minimum Gasteiger partial charge on any atom is -0.464 e. The fraction of sp³-hybridized carbons (Fsp3) is 0.333. The SMILES string of the molecule is CCc1ccc(OC(C)OCCc2ccccc2)c(Br)c1. The van der Waals surface area contributed by atoms with Crippen molar-refractivity contribution in [3.8, 4) is 5.75 Å². The largest absolute Gasteiger partial charge is 0.464 e. The molecule has 0 radical (unpaired) electrons. The molecular formula is C18H21BrO2. The maximum absolute atomic E-state index is 5.81. The van der Waals surface area contributed by atoms with Gasteiger partial charge in [-0.05, 0) is 59.0 Å². The highest BCUT2D eigenvalue weighted by atomic mass is 79.9. The van der Waals surface area contributed by atoms with Gasteiger partial charge in [-0.1, -0.05) is 43.3 Å². The number of hydrogen-bond donors (Lipinski definition) is 0. The van der Waals surface area contributed by atoms with Crippen LogP contribution in [0.3, 0.4) is 0 Å². The van der Waals surface area contributed by atoms with E-state index in [9.17, 15) is 0 Å². The van der Waals surface area contributed by atoms with Crippen LogP contribution in [0.1, 0.15) is 25.0 Å². The molecule has 1 atom stereocenters. The Morgan fingerprint density at radius 1 is 1.05 bits per heavy atom. The smallest absolute Gasteiger partial charge is 0.197 e. The summed E-state index contributed by atoms with van der Waals surface area (Å²) in [5.74, 6) is 0.819. The fourth-order valence-electron chi connectivity index (χ4n) is 2.06. The molecule has 0 spiro atoms. The van der Waals surface area contributed by atoms with E-state index in [1.165, 1.54) is 11.1 Å². The van der Waals surface area contributed by atoms with Gasteiger partial charge in [0.1, 0.15) is 5.75 Å². The van der Waals surface area contributed by atoms with E-state index in [-0.39, 0.29) is 6.29 Å². The summed E-state index contributed by atoms with van der Waals surface area (Å²) in [6, 6.07) is 16.5. The molecular weight excluding hydrogens is 328 g/mol. The molecule has 0 saturated carbocycles. The second-order valence-electron chi connectivity index (χ2n) is 4.91. The first kappa shape index (κ1) is 16.1. The molecule has 0 heterocycles. The third-order valence-electron chi connectivity index (χ3n) is 3.28. The Hall–Kier alpha value is -1.32. The van der Waals surface area contributed by atoms with Gasteiger partial charge in [0.2, 0.25) is 0 Å². The standard InChI is InChI=1S/C18H21BrO2/c1-3-15-9-10-18(17(19)13-15)21-14(2)20-12-11-16-7-5-4-6-8-16/h4-10,13-14H,3,11-12H2,1-2H3. The summed E-state index contributed by atoms with van der Waals surface area (Å²) in [6.07, 6.45) is 1.64. The fourth-order valence-corrected chi connectivity index (χ4v) is 2.58. The summed E-state index contributed by atoms with van der Waals surface area (Å²) >= 11 is 3.54. The monoisotopic (exact) mass is 348 g/mol. The average molecular weight is 349 g/mol. The van der Waals surface area contributed by atoms with Gasteiger partial charge in [0.25, 0.3) is 0 Å². The Bertz CT molecular complexity index is 554. The van der Waals surface area contributed by atoms with Crippen molar-refractivity contribution in [1.82, 2.24) is 0 Å². The lowest BCUT2D eigenvalue weighted by Gasteiger charge is -2.17. The molecule has 0 aliphatic heterocycles. The van der Waals surface area contributed by atoms with Gasteiger partial charge in [0.15, 0.2) is 6.29 Å². The van der Waals surface area contributed by atoms with Crippen LogP contribution < -0.4 is 4.74 Å². The van der Waals surface area contributed by atoms with Crippen LogP contribution in [0, 0.1) is 0 Å². The van der Waals surface area contributed by atoms with Crippen LogP contribution in [-0.2, 0) is 17.6 Å². The molecule has 0 N–H and O–H groups in total. The molecule has 2 nitrogen and oxygen atoms in total. The maximum Gasteiger partial charge on any atom is 0.197 e. The lowest BCUT2D eigenvalue weighted by molar-refractivity contribution is -0.0658. The first-order valence-corrected chi connectivity index (χ1v) is 8.09. The predicted molar refractivity (Wildman–Crippen MR) is 89.7 cm³/mol. The van der Waals surface area contributed by atoms with Crippen molar-refractivity contribution in [3.05, 3.63) is 64.1 Å². The van der Waals surface area contributed by atoms with Crippen molar-refractivity contribution < 1.29 is 9.47 Å². The van der Waals surface area contributed by atoms with E-state index in [1.54, 1.807) is 0 Å². The molecule has 0 aliphatic rings. The minimum absolute atomic E-state index is 0.266. The Labute approximate surface area is 135 Å². The molecule has 0 bridgehead atoms. The van der Waals surface area contributed by atoms with Gasteiger partial charge in [-0.2, -0.15) is 0 Å². The van der Waals surface area contributed by atoms with Crippen LogP contribution in [0.25, 0.3) is 0 Å². The Kier molecular flexibility index (Phi) is 6.27. The van der Waals surface area contributed by atoms with E-state index in [0.29, 0.717) is 6.61 Å². The molecule has 2 rings (SSSR count). The molecule has 0 amide bonds. The Morgan fingerprint density at radius 2 is 1.81 bits per heavy atom. The molecule has 112 valence electrons. The molecule has 2 aromatic carbocycles. The second kappa shape index (κ2) is 8.20. The van der Waals surface area contributed by atoms with E-state index in [4.69, 9.17) is 9.47 Å². The molecule has 0 aliphatic carbocycles. The van der Waals surface area contributed by atoms with Crippen molar-refractivity contribution in [1.29, 1.82) is 0 Å². The summed E-state index contributed by atoms with van der Waals surface area (Å²) in [5, 5.41) is 0. The predicted octanol–water partition coefficient (Wildman–Crippen LogP) is 5.00. The zero-order valence-electron chi connectivity index (χ0n) is 12.5. The van der Waals surface area contributed by atoms with Crippen molar-refractivity contribution in [2.75, 3.05) is 6.61 Å². The summed E-state index contributed by atoms with van der Waals surface area (Å²) in [5.41, 5.74) is 2.56. The van der Waals surface area contributed by atoms with Crippen LogP contribution >= 0.6 is 15.9 Å². The van der Waals surface area contributed by atoms with Gasteiger partial charge in [-0.3, -0.25) is 0 Å². The second-order valence-corrected chi connectivity index (χ2v) is 5.76. The summed E-state index contributed by atoms with van der Waals surface area (Å²) in [4.78, 5) is 0. The number of aryl methyl sites for hydroxylation is 1. The molecule has 0 aromatic heterocycles. The number of hydrogen-bond acceptors (Lipinski definition) is 2. The van der Waals surface area contributed by atoms with Gasteiger partial charge >= 0.3 is 0 Å². The van der Waals surface area contributed by atoms with Gasteiger partial charge < -0.3 is 9.47 Å². The van der Waals surface area contributed by atoms with Crippen LogP contribution in [0.4, 0.5) is 0 Å². The minimum atomic E-state index is -0.266. The Balaban J connectivity index is 1.80. The van der Waals surface area contributed by atoms with Gasteiger partial charge in [0.05, 0.1) is 11.1 Å². The average Bonchev–Trinajstić information content (AvgIpc) is 2.50. The van der Waals surface area contributed by atoms with Crippen LogP contribution in [-0.4, -0.2) is 12.9 Å². The molecule has 0 fully saturated rings. The highest BCUT2D eigenvalue weighted by Crippen LogP contribution is 2.27. The van der Waals surface area contributed by atoms with Gasteiger partial charge in [-0.25, -0.2) is 0 Å². The zero-order chi connectivity index (χ0) is 15.1. The van der Waals surface area contributed by atoms with Gasteiger partial charge in [-0.15, -0.1) is 0 Å². The first-order chi connectivity index (χ1) is 10.2. The first-order valence-electron chi connectivity index (χ1n) is 7.29. The highest BCUT2D eigenvalue weighted by Gasteiger charge is 2.08. The molecule has 0 saturated heterocycles. The number of ether oxygens (including phenoxy) is 2. The van der Waals surface area contributed by atoms with Crippen LogP contribution in [0.15, 0.2) is 53.0 Å². The van der Waals surface area contributed by atoms with E-state index < -0.39 is 0 Å². The maximum atomic E-state index is 5.81. The van der Waals surface area contributed by atoms with E-state index >= 15 is 0 Å². The third-order valence-corrected chi connectivity index (χ3v) is 3.90. The number of halogens is 1. The lowest BCUT2D eigenvalue weighted by atomic mass is 10.2. The van der Waals surface area contributed by atoms with Crippen molar-refractivity contribution >= 4 is 15.9 Å². The van der Waals surface area contributed by atoms with E-state index in [1.807, 2.05) is 31.2 Å². The van der Waals surface area contributed by atoms with Crippen molar-refractivity contribution in [2.24, 2.45) is 0 Å². The number of rotatable bonds is 7. The molecule has 1 unspecified atom stereocenters. The molecule has 2 aromatic rings. The van der Waals surface area contributed by atoms with E-state index in [2.05, 4.69) is 47.1 Å². The molecule has 3 heteroatoms. The Morgan fingerprint density at radius 3 is 2.48 bits per heavy atom. The van der Waals surface area contributed by atoms with Crippen LogP contribution in [0.2, 0.25) is 0 Å². The van der Waals surface area contributed by atoms with Crippen LogP contribution in [0.5, 0.6) is 5.75 Å².